The van der Waals surface area contributed by atoms with Crippen LogP contribution in [0.2, 0.25) is 5.02 Å². The molecule has 0 aliphatic heterocycles. The van der Waals surface area contributed by atoms with E-state index in [0.29, 0.717) is 17.4 Å². The number of hydrogen-bond acceptors (Lipinski definition) is 5. The molecule has 1 unspecified atom stereocenters. The van der Waals surface area contributed by atoms with Crippen LogP contribution in [0.3, 0.4) is 0 Å². The second-order valence-electron chi connectivity index (χ2n) is 5.72. The number of aromatic nitrogens is 2. The van der Waals surface area contributed by atoms with Gasteiger partial charge in [-0.05, 0) is 42.0 Å². The molecule has 0 radical (unpaired) electrons. The van der Waals surface area contributed by atoms with Gasteiger partial charge in [0.2, 0.25) is 0 Å². The van der Waals surface area contributed by atoms with E-state index in [1.54, 1.807) is 20.5 Å². The summed E-state index contributed by atoms with van der Waals surface area (Å²) in [5.41, 5.74) is 2.85. The molecule has 0 amide bonds. The molecule has 1 atom stereocenters. The summed E-state index contributed by atoms with van der Waals surface area (Å²) in [6.45, 7) is 0.488. The standard InChI is InChI=1S/C20H20ClN3O2/c1-25-12-19(15-4-3-5-16(21)10-15)24-20-11-18(22-13-23-20)14-6-8-17(26-2)9-7-14/h3-11,13,19H,12H2,1-2H3,(H,22,23,24). The number of anilines is 1. The van der Waals surface area contributed by atoms with Crippen LogP contribution in [0.25, 0.3) is 11.3 Å². The van der Waals surface area contributed by atoms with Gasteiger partial charge in [0.25, 0.3) is 0 Å². The first-order chi connectivity index (χ1) is 12.7. The van der Waals surface area contributed by atoms with E-state index in [9.17, 15) is 0 Å². The van der Waals surface area contributed by atoms with Gasteiger partial charge in [-0.15, -0.1) is 0 Å². The highest BCUT2D eigenvalue weighted by Gasteiger charge is 2.13. The van der Waals surface area contributed by atoms with Crippen molar-refractivity contribution in [3.8, 4) is 17.0 Å². The number of hydrogen-bond donors (Lipinski definition) is 1. The first-order valence-corrected chi connectivity index (χ1v) is 8.55. The Hall–Kier alpha value is -2.63. The fraction of sp³-hybridized carbons (Fsp3) is 0.200. The third-order valence-electron chi connectivity index (χ3n) is 3.96. The van der Waals surface area contributed by atoms with Crippen molar-refractivity contribution in [3.05, 3.63) is 71.5 Å². The Morgan fingerprint density at radius 1 is 1.04 bits per heavy atom. The number of ether oxygens (including phenoxy) is 2. The van der Waals surface area contributed by atoms with E-state index in [1.165, 1.54) is 0 Å². The van der Waals surface area contributed by atoms with Crippen molar-refractivity contribution in [1.29, 1.82) is 0 Å². The second kappa shape index (κ2) is 8.65. The molecule has 134 valence electrons. The molecule has 0 bridgehead atoms. The molecule has 1 N–H and O–H groups in total. The lowest BCUT2D eigenvalue weighted by molar-refractivity contribution is 0.186. The Labute approximate surface area is 158 Å². The topological polar surface area (TPSA) is 56.3 Å². The van der Waals surface area contributed by atoms with E-state index < -0.39 is 0 Å². The van der Waals surface area contributed by atoms with Crippen LogP contribution < -0.4 is 10.1 Å². The zero-order valence-electron chi connectivity index (χ0n) is 14.6. The molecule has 0 fully saturated rings. The first kappa shape index (κ1) is 18.2. The van der Waals surface area contributed by atoms with E-state index in [2.05, 4.69) is 15.3 Å². The van der Waals surface area contributed by atoms with Gasteiger partial charge in [0.15, 0.2) is 0 Å². The summed E-state index contributed by atoms with van der Waals surface area (Å²) in [4.78, 5) is 8.69. The predicted molar refractivity (Wildman–Crippen MR) is 104 cm³/mol. The minimum Gasteiger partial charge on any atom is -0.497 e. The average molecular weight is 370 g/mol. The molecule has 2 aromatic carbocycles. The molecule has 0 aliphatic carbocycles. The van der Waals surface area contributed by atoms with Gasteiger partial charge in [-0.3, -0.25) is 0 Å². The van der Waals surface area contributed by atoms with Gasteiger partial charge < -0.3 is 14.8 Å². The Bertz CT molecular complexity index is 856. The van der Waals surface area contributed by atoms with Crippen LogP contribution in [-0.4, -0.2) is 30.8 Å². The van der Waals surface area contributed by atoms with Gasteiger partial charge in [0.1, 0.15) is 17.9 Å². The number of halogens is 1. The third-order valence-corrected chi connectivity index (χ3v) is 4.19. The van der Waals surface area contributed by atoms with Crippen LogP contribution in [0.5, 0.6) is 5.75 Å². The van der Waals surface area contributed by atoms with Gasteiger partial charge in [-0.1, -0.05) is 23.7 Å². The number of nitrogens with one attached hydrogen (secondary N) is 1. The largest absolute Gasteiger partial charge is 0.497 e. The molecule has 0 aliphatic rings. The lowest BCUT2D eigenvalue weighted by Crippen LogP contribution is -2.17. The molecular formula is C20H20ClN3O2. The highest BCUT2D eigenvalue weighted by Crippen LogP contribution is 2.25. The molecule has 0 saturated heterocycles. The normalized spacial score (nSPS) is 11.8. The number of benzene rings is 2. The van der Waals surface area contributed by atoms with Crippen LogP contribution >= 0.6 is 11.6 Å². The lowest BCUT2D eigenvalue weighted by Gasteiger charge is -2.19. The Kier molecular flexibility index (Phi) is 6.04. The van der Waals surface area contributed by atoms with Gasteiger partial charge in [-0.2, -0.15) is 0 Å². The quantitative estimate of drug-likeness (QED) is 0.659. The Morgan fingerprint density at radius 3 is 2.54 bits per heavy atom. The molecular weight excluding hydrogens is 350 g/mol. The predicted octanol–water partition coefficient (Wildman–Crippen LogP) is 4.61. The Morgan fingerprint density at radius 2 is 1.85 bits per heavy atom. The van der Waals surface area contributed by atoms with E-state index in [0.717, 1.165) is 22.6 Å². The molecule has 1 aromatic heterocycles. The van der Waals surface area contributed by atoms with Crippen molar-refractivity contribution >= 4 is 17.4 Å². The molecule has 0 saturated carbocycles. The Balaban J connectivity index is 1.83. The lowest BCUT2D eigenvalue weighted by atomic mass is 10.1. The highest BCUT2D eigenvalue weighted by atomic mass is 35.5. The molecule has 0 spiro atoms. The number of nitrogens with zero attached hydrogens (tertiary/aromatic N) is 2. The van der Waals surface area contributed by atoms with Crippen molar-refractivity contribution in [3.63, 3.8) is 0 Å². The monoisotopic (exact) mass is 369 g/mol. The van der Waals surface area contributed by atoms with Gasteiger partial charge in [0.05, 0.1) is 25.5 Å². The molecule has 26 heavy (non-hydrogen) atoms. The molecule has 3 rings (SSSR count). The zero-order valence-corrected chi connectivity index (χ0v) is 15.4. The van der Waals surface area contributed by atoms with Gasteiger partial charge >= 0.3 is 0 Å². The molecule has 1 heterocycles. The smallest absolute Gasteiger partial charge is 0.130 e. The van der Waals surface area contributed by atoms with Crippen molar-refractivity contribution in [2.75, 3.05) is 26.1 Å². The summed E-state index contributed by atoms with van der Waals surface area (Å²) >= 11 is 6.12. The maximum atomic E-state index is 6.12. The summed E-state index contributed by atoms with van der Waals surface area (Å²) in [6, 6.07) is 17.3. The maximum absolute atomic E-state index is 6.12. The fourth-order valence-electron chi connectivity index (χ4n) is 2.65. The second-order valence-corrected chi connectivity index (χ2v) is 6.16. The first-order valence-electron chi connectivity index (χ1n) is 8.17. The van der Waals surface area contributed by atoms with E-state index in [4.69, 9.17) is 21.1 Å². The number of rotatable bonds is 7. The van der Waals surface area contributed by atoms with Crippen molar-refractivity contribution < 1.29 is 9.47 Å². The van der Waals surface area contributed by atoms with Crippen molar-refractivity contribution in [1.82, 2.24) is 9.97 Å². The third kappa shape index (κ3) is 4.50. The number of methoxy groups -OCH3 is 2. The molecule has 5 nitrogen and oxygen atoms in total. The minimum atomic E-state index is -0.0719. The van der Waals surface area contributed by atoms with Crippen LogP contribution in [0.4, 0.5) is 5.82 Å². The average Bonchev–Trinajstić information content (AvgIpc) is 2.68. The van der Waals surface area contributed by atoms with E-state index in [-0.39, 0.29) is 6.04 Å². The minimum absolute atomic E-state index is 0.0719. The summed E-state index contributed by atoms with van der Waals surface area (Å²) in [7, 11) is 3.31. The van der Waals surface area contributed by atoms with Gasteiger partial charge in [-0.25, -0.2) is 9.97 Å². The SMILES string of the molecule is COCC(Nc1cc(-c2ccc(OC)cc2)ncn1)c1cccc(Cl)c1. The van der Waals surface area contributed by atoms with Gasteiger partial charge in [0, 0.05) is 23.8 Å². The summed E-state index contributed by atoms with van der Waals surface area (Å²) in [5, 5.41) is 4.08. The summed E-state index contributed by atoms with van der Waals surface area (Å²) < 4.78 is 10.5. The van der Waals surface area contributed by atoms with E-state index in [1.807, 2.05) is 54.6 Å². The van der Waals surface area contributed by atoms with E-state index >= 15 is 0 Å². The highest BCUT2D eigenvalue weighted by molar-refractivity contribution is 6.30. The zero-order chi connectivity index (χ0) is 18.4. The summed E-state index contributed by atoms with van der Waals surface area (Å²) in [5.74, 6) is 1.52. The van der Waals surface area contributed by atoms with Crippen molar-refractivity contribution in [2.24, 2.45) is 0 Å². The van der Waals surface area contributed by atoms with Crippen LogP contribution in [-0.2, 0) is 4.74 Å². The molecule has 3 aromatic rings. The van der Waals surface area contributed by atoms with Crippen LogP contribution in [0, 0.1) is 0 Å². The van der Waals surface area contributed by atoms with Crippen LogP contribution in [0.15, 0.2) is 60.9 Å². The molecule has 6 heteroatoms. The van der Waals surface area contributed by atoms with Crippen molar-refractivity contribution in [2.45, 2.75) is 6.04 Å². The maximum Gasteiger partial charge on any atom is 0.130 e. The van der Waals surface area contributed by atoms with Crippen LogP contribution in [0.1, 0.15) is 11.6 Å². The summed E-state index contributed by atoms with van der Waals surface area (Å²) in [6.07, 6.45) is 1.55. The fourth-order valence-corrected chi connectivity index (χ4v) is 2.84.